The summed E-state index contributed by atoms with van der Waals surface area (Å²) in [5.41, 5.74) is 2.81. The largest absolute Gasteiger partial charge is 0.391 e. The maximum Gasteiger partial charge on any atom is 0.209 e. The predicted molar refractivity (Wildman–Crippen MR) is 77.2 cm³/mol. The molecule has 2 heterocycles. The molecule has 0 spiro atoms. The van der Waals surface area contributed by atoms with Crippen molar-refractivity contribution in [1.29, 1.82) is 0 Å². The zero-order chi connectivity index (χ0) is 13.9. The molecule has 1 aromatic rings. The number of carbonyl (C=O) groups is 1. The topological polar surface area (TPSA) is 43.8 Å². The van der Waals surface area contributed by atoms with Crippen LogP contribution in [-0.2, 0) is 17.8 Å². The van der Waals surface area contributed by atoms with Crippen molar-refractivity contribution < 1.29 is 9.90 Å². The number of hydrogen-bond donors (Lipinski definition) is 1. The molecule has 3 rings (SSSR count). The molecule has 0 bridgehead atoms. The Kier molecular flexibility index (Phi) is 4.03. The fraction of sp³-hybridized carbons (Fsp3) is 0.562. The Morgan fingerprint density at radius 2 is 1.85 bits per heavy atom. The second kappa shape index (κ2) is 5.94. The molecule has 2 aliphatic heterocycles. The Morgan fingerprint density at radius 3 is 2.65 bits per heavy atom. The third-order valence-electron chi connectivity index (χ3n) is 4.65. The van der Waals surface area contributed by atoms with Gasteiger partial charge in [0, 0.05) is 32.2 Å². The summed E-state index contributed by atoms with van der Waals surface area (Å²) < 4.78 is 0. The van der Waals surface area contributed by atoms with Crippen molar-refractivity contribution in [3.8, 4) is 0 Å². The monoisotopic (exact) mass is 274 g/mol. The molecule has 4 nitrogen and oxygen atoms in total. The van der Waals surface area contributed by atoms with E-state index < -0.39 is 0 Å². The summed E-state index contributed by atoms with van der Waals surface area (Å²) in [6.45, 7) is 3.34. The van der Waals surface area contributed by atoms with E-state index in [0.29, 0.717) is 13.0 Å². The standard InChI is InChI=1S/C16H22N2O2/c19-12-17-8-6-15(16(20)7-9-17)18-10-5-13-3-1-2-4-14(13)11-18/h1-4,12,15-16,20H,5-11H2/t15-,16-/m1/s1. The van der Waals surface area contributed by atoms with E-state index >= 15 is 0 Å². The summed E-state index contributed by atoms with van der Waals surface area (Å²) >= 11 is 0. The normalized spacial score (nSPS) is 27.8. The van der Waals surface area contributed by atoms with Gasteiger partial charge >= 0.3 is 0 Å². The van der Waals surface area contributed by atoms with Crippen LogP contribution in [0.4, 0.5) is 0 Å². The number of carbonyl (C=O) groups excluding carboxylic acids is 1. The molecule has 2 atom stereocenters. The molecular weight excluding hydrogens is 252 g/mol. The van der Waals surface area contributed by atoms with Crippen molar-refractivity contribution in [3.05, 3.63) is 35.4 Å². The van der Waals surface area contributed by atoms with E-state index in [1.54, 1.807) is 4.90 Å². The zero-order valence-electron chi connectivity index (χ0n) is 11.7. The smallest absolute Gasteiger partial charge is 0.209 e. The molecule has 1 N–H and O–H groups in total. The van der Waals surface area contributed by atoms with Gasteiger partial charge in [-0.05, 0) is 30.4 Å². The van der Waals surface area contributed by atoms with E-state index in [4.69, 9.17) is 0 Å². The van der Waals surface area contributed by atoms with Crippen LogP contribution in [0.5, 0.6) is 0 Å². The molecule has 0 aromatic heterocycles. The van der Waals surface area contributed by atoms with Gasteiger partial charge in [0.1, 0.15) is 0 Å². The van der Waals surface area contributed by atoms with Gasteiger partial charge in [-0.3, -0.25) is 9.69 Å². The van der Waals surface area contributed by atoms with Gasteiger partial charge < -0.3 is 10.0 Å². The minimum absolute atomic E-state index is 0.174. The van der Waals surface area contributed by atoms with Crippen molar-refractivity contribution in [2.75, 3.05) is 19.6 Å². The van der Waals surface area contributed by atoms with Crippen LogP contribution in [0.25, 0.3) is 0 Å². The van der Waals surface area contributed by atoms with Crippen molar-refractivity contribution >= 4 is 6.41 Å². The first kappa shape index (κ1) is 13.6. The van der Waals surface area contributed by atoms with Crippen molar-refractivity contribution in [1.82, 2.24) is 9.80 Å². The minimum Gasteiger partial charge on any atom is -0.391 e. The molecule has 0 aliphatic carbocycles. The Labute approximate surface area is 120 Å². The number of rotatable bonds is 2. The first-order chi connectivity index (χ1) is 9.78. The van der Waals surface area contributed by atoms with Gasteiger partial charge in [0.15, 0.2) is 0 Å². The lowest BCUT2D eigenvalue weighted by Gasteiger charge is -2.37. The number of aliphatic hydroxyl groups excluding tert-OH is 1. The van der Waals surface area contributed by atoms with Crippen LogP contribution in [-0.4, -0.2) is 53.1 Å². The van der Waals surface area contributed by atoms with Crippen LogP contribution in [0.1, 0.15) is 24.0 Å². The second-order valence-corrected chi connectivity index (χ2v) is 5.84. The summed E-state index contributed by atoms with van der Waals surface area (Å²) in [5.74, 6) is 0. The van der Waals surface area contributed by atoms with Crippen LogP contribution in [0.2, 0.25) is 0 Å². The van der Waals surface area contributed by atoms with Gasteiger partial charge in [0.05, 0.1) is 6.10 Å². The second-order valence-electron chi connectivity index (χ2n) is 5.84. The SMILES string of the molecule is O=CN1CC[C@@H](O)[C@H](N2CCc3ccccc3C2)CC1. The van der Waals surface area contributed by atoms with E-state index in [1.165, 1.54) is 11.1 Å². The highest BCUT2D eigenvalue weighted by Gasteiger charge is 2.31. The number of aliphatic hydroxyl groups is 1. The molecule has 108 valence electrons. The van der Waals surface area contributed by atoms with Gasteiger partial charge in [0.2, 0.25) is 6.41 Å². The number of amides is 1. The summed E-state index contributed by atoms with van der Waals surface area (Å²) in [4.78, 5) is 15.1. The Balaban J connectivity index is 1.71. The van der Waals surface area contributed by atoms with Crippen LogP contribution in [0, 0.1) is 0 Å². The Morgan fingerprint density at radius 1 is 1.10 bits per heavy atom. The van der Waals surface area contributed by atoms with Gasteiger partial charge in [-0.15, -0.1) is 0 Å². The number of fused-ring (bicyclic) bond motifs is 1. The van der Waals surface area contributed by atoms with Crippen LogP contribution in [0.15, 0.2) is 24.3 Å². The summed E-state index contributed by atoms with van der Waals surface area (Å²) in [6.07, 6.45) is 3.17. The number of hydrogen-bond acceptors (Lipinski definition) is 3. The molecule has 1 aromatic carbocycles. The third kappa shape index (κ3) is 2.72. The molecule has 1 saturated heterocycles. The quantitative estimate of drug-likeness (QED) is 0.819. The lowest BCUT2D eigenvalue weighted by Crippen LogP contribution is -2.46. The van der Waals surface area contributed by atoms with E-state index in [-0.39, 0.29) is 12.1 Å². The van der Waals surface area contributed by atoms with Gasteiger partial charge in [0.25, 0.3) is 0 Å². The van der Waals surface area contributed by atoms with E-state index in [9.17, 15) is 9.90 Å². The molecular formula is C16H22N2O2. The summed E-state index contributed by atoms with van der Waals surface area (Å²) in [6, 6.07) is 8.73. The maximum absolute atomic E-state index is 10.9. The van der Waals surface area contributed by atoms with Crippen molar-refractivity contribution in [3.63, 3.8) is 0 Å². The number of benzene rings is 1. The molecule has 2 aliphatic rings. The Hall–Kier alpha value is -1.39. The molecule has 0 radical (unpaired) electrons. The first-order valence-electron chi connectivity index (χ1n) is 7.46. The van der Waals surface area contributed by atoms with Crippen molar-refractivity contribution in [2.45, 2.75) is 38.0 Å². The highest BCUT2D eigenvalue weighted by Crippen LogP contribution is 2.25. The maximum atomic E-state index is 10.9. The lowest BCUT2D eigenvalue weighted by atomic mass is 9.96. The van der Waals surface area contributed by atoms with E-state index in [2.05, 4.69) is 29.2 Å². The van der Waals surface area contributed by atoms with E-state index in [0.717, 1.165) is 38.9 Å². The van der Waals surface area contributed by atoms with Crippen LogP contribution >= 0.6 is 0 Å². The molecule has 1 amide bonds. The van der Waals surface area contributed by atoms with Gasteiger partial charge in [-0.25, -0.2) is 0 Å². The summed E-state index contributed by atoms with van der Waals surface area (Å²) in [5, 5.41) is 10.4. The van der Waals surface area contributed by atoms with Crippen LogP contribution < -0.4 is 0 Å². The fourth-order valence-corrected chi connectivity index (χ4v) is 3.42. The number of nitrogens with zero attached hydrogens (tertiary/aromatic N) is 2. The minimum atomic E-state index is -0.329. The highest BCUT2D eigenvalue weighted by atomic mass is 16.3. The van der Waals surface area contributed by atoms with E-state index in [1.807, 2.05) is 0 Å². The third-order valence-corrected chi connectivity index (χ3v) is 4.65. The van der Waals surface area contributed by atoms with Crippen molar-refractivity contribution in [2.24, 2.45) is 0 Å². The molecule has 0 saturated carbocycles. The van der Waals surface area contributed by atoms with Gasteiger partial charge in [-0.1, -0.05) is 24.3 Å². The average Bonchev–Trinajstić information content (AvgIpc) is 2.68. The highest BCUT2D eigenvalue weighted by molar-refractivity contribution is 5.47. The average molecular weight is 274 g/mol. The molecule has 20 heavy (non-hydrogen) atoms. The van der Waals surface area contributed by atoms with Gasteiger partial charge in [-0.2, -0.15) is 0 Å². The summed E-state index contributed by atoms with van der Waals surface area (Å²) in [7, 11) is 0. The molecule has 4 heteroatoms. The predicted octanol–water partition coefficient (Wildman–Crippen LogP) is 1.03. The first-order valence-corrected chi connectivity index (χ1v) is 7.46. The molecule has 0 unspecified atom stereocenters. The van der Waals surface area contributed by atoms with Crippen LogP contribution in [0.3, 0.4) is 0 Å². The lowest BCUT2D eigenvalue weighted by molar-refractivity contribution is -0.118. The number of likely N-dealkylation sites (tertiary alicyclic amines) is 1. The zero-order valence-corrected chi connectivity index (χ0v) is 11.7. The fourth-order valence-electron chi connectivity index (χ4n) is 3.42. The Bertz CT molecular complexity index is 477. The molecule has 1 fully saturated rings.